The summed E-state index contributed by atoms with van der Waals surface area (Å²) in [5.74, 6) is 1.54. The molecular formula is C17H27ClN2O3. The van der Waals surface area contributed by atoms with Gasteiger partial charge in [0.05, 0.1) is 25.9 Å². The van der Waals surface area contributed by atoms with Crippen LogP contribution >= 0.6 is 11.6 Å². The number of halogens is 1. The minimum Gasteiger partial charge on any atom is -0.376 e. The molecule has 5 fully saturated rings. The van der Waals surface area contributed by atoms with E-state index in [0.29, 0.717) is 26.4 Å². The Labute approximate surface area is 142 Å². The molecule has 5 rings (SSSR count). The molecule has 0 aromatic rings. The summed E-state index contributed by atoms with van der Waals surface area (Å²) in [7, 11) is 0. The molecule has 0 spiro atoms. The molecule has 0 aromatic carbocycles. The highest BCUT2D eigenvalue weighted by Crippen LogP contribution is 2.63. The molecule has 1 saturated heterocycles. The summed E-state index contributed by atoms with van der Waals surface area (Å²) >= 11 is 6.84. The van der Waals surface area contributed by atoms with Crippen molar-refractivity contribution in [3.05, 3.63) is 0 Å². The van der Waals surface area contributed by atoms with Gasteiger partial charge in [-0.1, -0.05) is 0 Å². The molecular weight excluding hydrogens is 316 g/mol. The van der Waals surface area contributed by atoms with E-state index in [2.05, 4.69) is 10.6 Å². The van der Waals surface area contributed by atoms with E-state index >= 15 is 0 Å². The third-order valence-electron chi connectivity index (χ3n) is 6.11. The van der Waals surface area contributed by atoms with Crippen molar-refractivity contribution >= 4 is 17.6 Å². The quantitative estimate of drug-likeness (QED) is 0.771. The lowest BCUT2D eigenvalue weighted by atomic mass is 9.49. The molecule has 23 heavy (non-hydrogen) atoms. The molecule has 2 N–H and O–H groups in total. The highest BCUT2D eigenvalue weighted by molar-refractivity contribution is 6.24. The van der Waals surface area contributed by atoms with E-state index in [-0.39, 0.29) is 22.4 Å². The highest BCUT2D eigenvalue weighted by atomic mass is 35.5. The normalized spacial score (nSPS) is 45.0. The van der Waals surface area contributed by atoms with Gasteiger partial charge in [0.15, 0.2) is 0 Å². The monoisotopic (exact) mass is 342 g/mol. The SMILES string of the molecule is O=C(NCC1COCCO1)NCC12CC3CC(CC(Cl)(C3)C1)C2. The summed E-state index contributed by atoms with van der Waals surface area (Å²) in [6.07, 6.45) is 7.21. The van der Waals surface area contributed by atoms with Gasteiger partial charge in [-0.2, -0.15) is 0 Å². The summed E-state index contributed by atoms with van der Waals surface area (Å²) in [5, 5.41) is 6.00. The maximum atomic E-state index is 12.1. The van der Waals surface area contributed by atoms with Gasteiger partial charge in [0.2, 0.25) is 0 Å². The molecule has 6 heteroatoms. The average molecular weight is 343 g/mol. The van der Waals surface area contributed by atoms with Crippen molar-refractivity contribution in [2.45, 2.75) is 49.5 Å². The van der Waals surface area contributed by atoms with E-state index in [1.54, 1.807) is 0 Å². The fourth-order valence-electron chi connectivity index (χ4n) is 5.73. The zero-order chi connectivity index (χ0) is 15.9. The maximum absolute atomic E-state index is 12.1. The van der Waals surface area contributed by atoms with Gasteiger partial charge in [-0.25, -0.2) is 4.79 Å². The molecule has 4 bridgehead atoms. The van der Waals surface area contributed by atoms with Crippen LogP contribution in [0, 0.1) is 17.3 Å². The van der Waals surface area contributed by atoms with Crippen LogP contribution in [0.3, 0.4) is 0 Å². The first-order valence-electron chi connectivity index (χ1n) is 8.94. The third kappa shape index (κ3) is 3.47. The largest absolute Gasteiger partial charge is 0.376 e. The zero-order valence-corrected chi connectivity index (χ0v) is 14.4. The molecule has 4 saturated carbocycles. The smallest absolute Gasteiger partial charge is 0.314 e. The second-order valence-corrected chi connectivity index (χ2v) is 9.04. The van der Waals surface area contributed by atoms with Gasteiger partial charge in [0.1, 0.15) is 0 Å². The molecule has 1 heterocycles. The number of nitrogens with one attached hydrogen (secondary N) is 2. The second-order valence-electron chi connectivity index (χ2n) is 8.24. The highest BCUT2D eigenvalue weighted by Gasteiger charge is 2.56. The Bertz CT molecular complexity index is 453. The number of alkyl halides is 1. The molecule has 0 aromatic heterocycles. The van der Waals surface area contributed by atoms with Gasteiger partial charge >= 0.3 is 6.03 Å². The van der Waals surface area contributed by atoms with Crippen LogP contribution < -0.4 is 10.6 Å². The number of urea groups is 1. The van der Waals surface area contributed by atoms with Crippen LogP contribution in [-0.2, 0) is 9.47 Å². The number of hydrogen-bond acceptors (Lipinski definition) is 3. The molecule has 130 valence electrons. The molecule has 4 aliphatic carbocycles. The summed E-state index contributed by atoms with van der Waals surface area (Å²) in [4.78, 5) is 12.1. The van der Waals surface area contributed by atoms with Crippen molar-refractivity contribution in [2.75, 3.05) is 32.9 Å². The van der Waals surface area contributed by atoms with Crippen LogP contribution in [-0.4, -0.2) is 49.9 Å². The van der Waals surface area contributed by atoms with Crippen molar-refractivity contribution < 1.29 is 14.3 Å². The van der Waals surface area contributed by atoms with Gasteiger partial charge < -0.3 is 20.1 Å². The molecule has 5 nitrogen and oxygen atoms in total. The average Bonchev–Trinajstić information content (AvgIpc) is 2.50. The number of carbonyl (C=O) groups excluding carboxylic acids is 1. The molecule has 3 atom stereocenters. The summed E-state index contributed by atoms with van der Waals surface area (Å²) in [6, 6.07) is -0.0986. The molecule has 2 amide bonds. The predicted molar refractivity (Wildman–Crippen MR) is 87.7 cm³/mol. The van der Waals surface area contributed by atoms with Gasteiger partial charge in [-0.3, -0.25) is 0 Å². The van der Waals surface area contributed by atoms with Gasteiger partial charge in [-0.15, -0.1) is 11.6 Å². The summed E-state index contributed by atoms with van der Waals surface area (Å²) < 4.78 is 10.9. The van der Waals surface area contributed by atoms with E-state index in [9.17, 15) is 4.79 Å². The molecule has 3 unspecified atom stereocenters. The fourth-order valence-corrected chi connectivity index (χ4v) is 6.45. The Hall–Kier alpha value is -0.520. The van der Waals surface area contributed by atoms with Crippen LogP contribution in [0.2, 0.25) is 0 Å². The van der Waals surface area contributed by atoms with Crippen molar-refractivity contribution in [1.82, 2.24) is 10.6 Å². The van der Waals surface area contributed by atoms with Crippen LogP contribution in [0.5, 0.6) is 0 Å². The lowest BCUT2D eigenvalue weighted by Crippen LogP contribution is -2.57. The van der Waals surface area contributed by atoms with Crippen molar-refractivity contribution in [3.8, 4) is 0 Å². The Balaban J connectivity index is 1.26. The van der Waals surface area contributed by atoms with Gasteiger partial charge in [-0.05, 0) is 55.8 Å². The van der Waals surface area contributed by atoms with E-state index in [0.717, 1.165) is 24.8 Å². The van der Waals surface area contributed by atoms with Crippen molar-refractivity contribution in [1.29, 1.82) is 0 Å². The molecule has 5 aliphatic rings. The number of carbonyl (C=O) groups is 1. The standard InChI is InChI=1S/C17H27ClN2O3/c18-17-6-12-3-13(7-17)5-16(4-12,10-17)11-20-15(21)19-8-14-9-22-1-2-23-14/h12-14H,1-11H2,(H2,19,20,21). The fraction of sp³-hybridized carbons (Fsp3) is 0.941. The van der Waals surface area contributed by atoms with Gasteiger partial charge in [0.25, 0.3) is 0 Å². The summed E-state index contributed by atoms with van der Waals surface area (Å²) in [5.41, 5.74) is 0.230. The molecule has 0 radical (unpaired) electrons. The first kappa shape index (κ1) is 16.0. The van der Waals surface area contributed by atoms with E-state index in [4.69, 9.17) is 21.1 Å². The first-order valence-corrected chi connectivity index (χ1v) is 9.32. The number of ether oxygens (including phenoxy) is 2. The van der Waals surface area contributed by atoms with Crippen molar-refractivity contribution in [3.63, 3.8) is 0 Å². The third-order valence-corrected chi connectivity index (χ3v) is 6.55. The lowest BCUT2D eigenvalue weighted by Gasteiger charge is -2.60. The number of rotatable bonds is 4. The Morgan fingerprint density at radius 1 is 1.13 bits per heavy atom. The lowest BCUT2D eigenvalue weighted by molar-refractivity contribution is -0.0854. The second kappa shape index (κ2) is 6.08. The van der Waals surface area contributed by atoms with Crippen molar-refractivity contribution in [2.24, 2.45) is 17.3 Å². The Kier molecular flexibility index (Phi) is 4.23. The maximum Gasteiger partial charge on any atom is 0.314 e. The topological polar surface area (TPSA) is 59.6 Å². The summed E-state index contributed by atoms with van der Waals surface area (Å²) in [6.45, 7) is 3.07. The van der Waals surface area contributed by atoms with Crippen LogP contribution in [0.1, 0.15) is 38.5 Å². The van der Waals surface area contributed by atoms with Crippen LogP contribution in [0.15, 0.2) is 0 Å². The van der Waals surface area contributed by atoms with E-state index in [1.165, 1.54) is 32.1 Å². The van der Waals surface area contributed by atoms with E-state index < -0.39 is 0 Å². The zero-order valence-electron chi connectivity index (χ0n) is 13.6. The molecule has 1 aliphatic heterocycles. The Morgan fingerprint density at radius 2 is 1.91 bits per heavy atom. The van der Waals surface area contributed by atoms with Gasteiger partial charge in [0, 0.05) is 18.0 Å². The van der Waals surface area contributed by atoms with Crippen LogP contribution in [0.25, 0.3) is 0 Å². The minimum atomic E-state index is -0.0986. The van der Waals surface area contributed by atoms with E-state index in [1.807, 2.05) is 0 Å². The first-order chi connectivity index (χ1) is 11.0. The minimum absolute atomic E-state index is 0.00944. The van der Waals surface area contributed by atoms with Crippen LogP contribution in [0.4, 0.5) is 4.79 Å². The Morgan fingerprint density at radius 3 is 2.57 bits per heavy atom. The predicted octanol–water partition coefficient (Wildman–Crippen LogP) is 2.28. The number of amides is 2. The number of hydrogen-bond donors (Lipinski definition) is 2.